The Hall–Kier alpha value is -1.51. The monoisotopic (exact) mass is 276 g/mol. The highest BCUT2D eigenvalue weighted by Crippen LogP contribution is 2.29. The minimum Gasteiger partial charge on any atom is -0.487 e. The summed E-state index contributed by atoms with van der Waals surface area (Å²) >= 11 is 6.09. The molecule has 0 unspecified atom stereocenters. The highest BCUT2D eigenvalue weighted by molar-refractivity contribution is 6.32. The van der Waals surface area contributed by atoms with Crippen LogP contribution >= 0.6 is 11.6 Å². The fraction of sp³-hybridized carbons (Fsp3) is 0.250. The van der Waals surface area contributed by atoms with Crippen LogP contribution in [0.3, 0.4) is 0 Å². The molecule has 0 saturated carbocycles. The molecular weight excluding hydrogens is 260 g/mol. The zero-order valence-corrected chi connectivity index (χ0v) is 11.7. The van der Waals surface area contributed by atoms with Crippen molar-refractivity contribution < 1.29 is 9.84 Å². The maximum Gasteiger partial charge on any atom is 0.143 e. The minimum absolute atomic E-state index is 0.0787. The number of ether oxygens (including phenoxy) is 1. The molecule has 0 heterocycles. The summed E-state index contributed by atoms with van der Waals surface area (Å²) in [7, 11) is 0. The van der Waals surface area contributed by atoms with Gasteiger partial charge >= 0.3 is 0 Å². The van der Waals surface area contributed by atoms with E-state index >= 15 is 0 Å². The van der Waals surface area contributed by atoms with Gasteiger partial charge in [0.2, 0.25) is 0 Å². The maximum absolute atomic E-state index is 9.27. The molecule has 0 bridgehead atoms. The number of hydrogen-bond donors (Lipinski definition) is 1. The third kappa shape index (κ3) is 3.49. The Morgan fingerprint density at radius 3 is 2.37 bits per heavy atom. The normalized spacial score (nSPS) is 10.5. The number of para-hydroxylation sites is 1. The SMILES string of the molecule is CCc1ccc(COc2c(Cl)cccc2CO)cc1. The molecule has 19 heavy (non-hydrogen) atoms. The van der Waals surface area contributed by atoms with E-state index in [2.05, 4.69) is 19.1 Å². The van der Waals surface area contributed by atoms with Crippen molar-refractivity contribution in [2.75, 3.05) is 0 Å². The van der Waals surface area contributed by atoms with E-state index in [1.807, 2.05) is 12.1 Å². The first-order valence-corrected chi connectivity index (χ1v) is 6.71. The second-order valence-corrected chi connectivity index (χ2v) is 4.75. The molecule has 0 amide bonds. The lowest BCUT2D eigenvalue weighted by molar-refractivity contribution is 0.259. The van der Waals surface area contributed by atoms with E-state index < -0.39 is 0 Å². The first-order chi connectivity index (χ1) is 9.24. The molecule has 2 nitrogen and oxygen atoms in total. The smallest absolute Gasteiger partial charge is 0.143 e. The van der Waals surface area contributed by atoms with Crippen LogP contribution in [0.5, 0.6) is 5.75 Å². The highest BCUT2D eigenvalue weighted by atomic mass is 35.5. The molecule has 0 saturated heterocycles. The van der Waals surface area contributed by atoms with Gasteiger partial charge in [0.25, 0.3) is 0 Å². The van der Waals surface area contributed by atoms with Gasteiger partial charge < -0.3 is 9.84 Å². The van der Waals surface area contributed by atoms with E-state index in [-0.39, 0.29) is 6.61 Å². The summed E-state index contributed by atoms with van der Waals surface area (Å²) in [4.78, 5) is 0. The van der Waals surface area contributed by atoms with Gasteiger partial charge in [0.1, 0.15) is 12.4 Å². The summed E-state index contributed by atoms with van der Waals surface area (Å²) in [5.74, 6) is 0.561. The van der Waals surface area contributed by atoms with Crippen LogP contribution in [-0.2, 0) is 19.6 Å². The Morgan fingerprint density at radius 1 is 1.05 bits per heavy atom. The Morgan fingerprint density at radius 2 is 1.74 bits per heavy atom. The fourth-order valence-corrected chi connectivity index (χ4v) is 2.12. The van der Waals surface area contributed by atoms with Crippen molar-refractivity contribution in [1.82, 2.24) is 0 Å². The summed E-state index contributed by atoms with van der Waals surface area (Å²) in [6.07, 6.45) is 1.03. The zero-order chi connectivity index (χ0) is 13.7. The minimum atomic E-state index is -0.0787. The quantitative estimate of drug-likeness (QED) is 0.895. The van der Waals surface area contributed by atoms with Crippen LogP contribution in [0.2, 0.25) is 5.02 Å². The van der Waals surface area contributed by atoms with Crippen molar-refractivity contribution in [3.05, 3.63) is 64.2 Å². The molecule has 0 fully saturated rings. The zero-order valence-electron chi connectivity index (χ0n) is 10.9. The van der Waals surface area contributed by atoms with Crippen LogP contribution in [0.25, 0.3) is 0 Å². The van der Waals surface area contributed by atoms with Crippen molar-refractivity contribution in [3.63, 3.8) is 0 Å². The van der Waals surface area contributed by atoms with Crippen LogP contribution in [0.15, 0.2) is 42.5 Å². The molecule has 3 heteroatoms. The molecule has 0 aliphatic carbocycles. The molecule has 2 rings (SSSR count). The van der Waals surface area contributed by atoms with Crippen molar-refractivity contribution in [1.29, 1.82) is 0 Å². The average molecular weight is 277 g/mol. The predicted molar refractivity (Wildman–Crippen MR) is 77.5 cm³/mol. The number of benzene rings is 2. The fourth-order valence-electron chi connectivity index (χ4n) is 1.87. The molecule has 0 atom stereocenters. The van der Waals surface area contributed by atoms with E-state index in [9.17, 15) is 5.11 Å². The first-order valence-electron chi connectivity index (χ1n) is 6.33. The number of aliphatic hydroxyl groups is 1. The summed E-state index contributed by atoms with van der Waals surface area (Å²) in [5.41, 5.74) is 3.09. The van der Waals surface area contributed by atoms with Gasteiger partial charge in [-0.1, -0.05) is 54.9 Å². The van der Waals surface area contributed by atoms with E-state index in [1.165, 1.54) is 5.56 Å². The summed E-state index contributed by atoms with van der Waals surface area (Å²) < 4.78 is 5.73. The molecule has 0 aliphatic heterocycles. The molecular formula is C16H17ClO2. The van der Waals surface area contributed by atoms with E-state index in [4.69, 9.17) is 16.3 Å². The summed E-state index contributed by atoms with van der Waals surface area (Å²) in [5, 5.41) is 9.79. The van der Waals surface area contributed by atoms with Gasteiger partial charge in [0.05, 0.1) is 11.6 Å². The van der Waals surface area contributed by atoms with Gasteiger partial charge in [0.15, 0.2) is 0 Å². The summed E-state index contributed by atoms with van der Waals surface area (Å²) in [6.45, 7) is 2.49. The van der Waals surface area contributed by atoms with Gasteiger partial charge in [-0.25, -0.2) is 0 Å². The number of rotatable bonds is 5. The maximum atomic E-state index is 9.27. The third-order valence-electron chi connectivity index (χ3n) is 3.03. The summed E-state index contributed by atoms with van der Waals surface area (Å²) in [6, 6.07) is 13.7. The Kier molecular flexibility index (Phi) is 4.83. The topological polar surface area (TPSA) is 29.5 Å². The lowest BCUT2D eigenvalue weighted by Gasteiger charge is -2.12. The van der Waals surface area contributed by atoms with Gasteiger partial charge in [-0.15, -0.1) is 0 Å². The highest BCUT2D eigenvalue weighted by Gasteiger charge is 2.07. The van der Waals surface area contributed by atoms with Gasteiger partial charge in [0, 0.05) is 5.56 Å². The Balaban J connectivity index is 2.09. The molecule has 0 aromatic heterocycles. The molecule has 100 valence electrons. The van der Waals surface area contributed by atoms with Crippen LogP contribution < -0.4 is 4.74 Å². The van der Waals surface area contributed by atoms with E-state index in [1.54, 1.807) is 18.2 Å². The Bertz CT molecular complexity index is 535. The van der Waals surface area contributed by atoms with Crippen molar-refractivity contribution >= 4 is 11.6 Å². The lowest BCUT2D eigenvalue weighted by Crippen LogP contribution is -1.99. The van der Waals surface area contributed by atoms with E-state index in [0.717, 1.165) is 12.0 Å². The average Bonchev–Trinajstić information content (AvgIpc) is 2.46. The van der Waals surface area contributed by atoms with Crippen LogP contribution in [0, 0.1) is 0 Å². The standard InChI is InChI=1S/C16H17ClO2/c1-2-12-6-8-13(9-7-12)11-19-16-14(10-18)4-3-5-15(16)17/h3-9,18H,2,10-11H2,1H3. The van der Waals surface area contributed by atoms with Crippen molar-refractivity contribution in [2.24, 2.45) is 0 Å². The van der Waals surface area contributed by atoms with Gasteiger partial charge in [-0.2, -0.15) is 0 Å². The molecule has 2 aromatic carbocycles. The molecule has 0 spiro atoms. The number of halogens is 1. The van der Waals surface area contributed by atoms with Gasteiger partial charge in [-0.05, 0) is 23.6 Å². The number of aliphatic hydroxyl groups excluding tert-OH is 1. The number of aryl methyl sites for hydroxylation is 1. The number of hydrogen-bond acceptors (Lipinski definition) is 2. The van der Waals surface area contributed by atoms with Gasteiger partial charge in [-0.3, -0.25) is 0 Å². The molecule has 2 aromatic rings. The van der Waals surface area contributed by atoms with E-state index in [0.29, 0.717) is 22.9 Å². The van der Waals surface area contributed by atoms with Crippen molar-refractivity contribution in [2.45, 2.75) is 26.6 Å². The molecule has 0 aliphatic rings. The van der Waals surface area contributed by atoms with Crippen LogP contribution in [-0.4, -0.2) is 5.11 Å². The van der Waals surface area contributed by atoms with Crippen LogP contribution in [0.4, 0.5) is 0 Å². The predicted octanol–water partition coefficient (Wildman–Crippen LogP) is 3.97. The lowest BCUT2D eigenvalue weighted by atomic mass is 10.1. The second-order valence-electron chi connectivity index (χ2n) is 4.34. The third-order valence-corrected chi connectivity index (χ3v) is 3.33. The molecule has 0 radical (unpaired) electrons. The largest absolute Gasteiger partial charge is 0.487 e. The molecule has 1 N–H and O–H groups in total. The second kappa shape index (κ2) is 6.60. The van der Waals surface area contributed by atoms with Crippen LogP contribution in [0.1, 0.15) is 23.6 Å². The Labute approximate surface area is 118 Å². The first kappa shape index (κ1) is 13.9. The van der Waals surface area contributed by atoms with Crippen molar-refractivity contribution in [3.8, 4) is 5.75 Å².